The van der Waals surface area contributed by atoms with Gasteiger partial charge in [-0.15, -0.1) is 0 Å². The van der Waals surface area contributed by atoms with Crippen LogP contribution in [0.4, 0.5) is 14.5 Å². The van der Waals surface area contributed by atoms with Crippen molar-refractivity contribution in [3.63, 3.8) is 0 Å². The van der Waals surface area contributed by atoms with Gasteiger partial charge in [0.25, 0.3) is 0 Å². The fraction of sp³-hybridized carbons (Fsp3) is 0.154. The Morgan fingerprint density at radius 2 is 1.32 bits per heavy atom. The van der Waals surface area contributed by atoms with Gasteiger partial charge < -0.3 is 4.74 Å². The number of fused-ring (bicyclic) bond motifs is 3. The van der Waals surface area contributed by atoms with Crippen LogP contribution < -0.4 is 4.90 Å². The van der Waals surface area contributed by atoms with Crippen molar-refractivity contribution in [2.24, 2.45) is 11.8 Å². The van der Waals surface area contributed by atoms with Gasteiger partial charge in [-0.3, -0.25) is 19.2 Å². The van der Waals surface area contributed by atoms with Crippen LogP contribution in [0.3, 0.4) is 0 Å². The highest BCUT2D eigenvalue weighted by Crippen LogP contribution is 2.57. The molecule has 2 fully saturated rings. The van der Waals surface area contributed by atoms with Gasteiger partial charge in [0.15, 0.2) is 0 Å². The molecule has 6 rings (SSSR count). The van der Waals surface area contributed by atoms with Crippen molar-refractivity contribution in [2.45, 2.75) is 11.7 Å². The molecule has 6 nitrogen and oxygen atoms in total. The standard InChI is InChI=1S/C26H15F2NO5/c27-14-11-9-13(10-12-14)21-19-20(25(33)29(24(19)32)18-8-4-3-7-17(18)28)26(34-21)22(30)15-5-1-2-6-16(15)23(26)31/h1-12,19-21H/t19-,20-,21-/m0/s1. The van der Waals surface area contributed by atoms with E-state index in [1.165, 1.54) is 42.5 Å². The lowest BCUT2D eigenvalue weighted by Crippen LogP contribution is -2.51. The fourth-order valence-electron chi connectivity index (χ4n) is 5.34. The van der Waals surface area contributed by atoms with Crippen molar-refractivity contribution >= 4 is 29.1 Å². The van der Waals surface area contributed by atoms with Crippen LogP contribution >= 0.6 is 0 Å². The van der Waals surface area contributed by atoms with Gasteiger partial charge >= 0.3 is 0 Å². The number of hydrogen-bond donors (Lipinski definition) is 0. The largest absolute Gasteiger partial charge is 0.349 e. The number of anilines is 1. The summed E-state index contributed by atoms with van der Waals surface area (Å²) in [6.45, 7) is 0. The van der Waals surface area contributed by atoms with Gasteiger partial charge in [-0.1, -0.05) is 48.5 Å². The number of nitrogens with zero attached hydrogens (tertiary/aromatic N) is 1. The van der Waals surface area contributed by atoms with Crippen LogP contribution in [0.1, 0.15) is 32.4 Å². The van der Waals surface area contributed by atoms with E-state index >= 15 is 0 Å². The zero-order valence-corrected chi connectivity index (χ0v) is 17.4. The Kier molecular flexibility index (Phi) is 4.22. The summed E-state index contributed by atoms with van der Waals surface area (Å²) in [5.74, 6) is -7.22. The van der Waals surface area contributed by atoms with E-state index in [2.05, 4.69) is 0 Å². The van der Waals surface area contributed by atoms with Crippen LogP contribution in [0.2, 0.25) is 0 Å². The number of rotatable bonds is 2. The smallest absolute Gasteiger partial charge is 0.241 e. The van der Waals surface area contributed by atoms with E-state index < -0.39 is 58.6 Å². The monoisotopic (exact) mass is 459 g/mol. The van der Waals surface area contributed by atoms with Gasteiger partial charge in [0.1, 0.15) is 11.6 Å². The summed E-state index contributed by atoms with van der Waals surface area (Å²) >= 11 is 0. The van der Waals surface area contributed by atoms with Gasteiger partial charge in [-0.05, 0) is 29.8 Å². The average Bonchev–Trinajstić information content (AvgIpc) is 3.40. The number of Topliss-reactive ketones (excluding diaryl/α,β-unsaturated/α-hetero) is 2. The van der Waals surface area contributed by atoms with E-state index in [0.717, 1.165) is 18.2 Å². The highest BCUT2D eigenvalue weighted by atomic mass is 19.1. The molecular weight excluding hydrogens is 444 g/mol. The fourth-order valence-corrected chi connectivity index (χ4v) is 5.34. The van der Waals surface area contributed by atoms with E-state index in [1.54, 1.807) is 12.1 Å². The molecule has 2 aliphatic heterocycles. The van der Waals surface area contributed by atoms with E-state index in [0.29, 0.717) is 10.5 Å². The molecular formula is C26H15F2NO5. The van der Waals surface area contributed by atoms with Crippen LogP contribution in [-0.4, -0.2) is 29.0 Å². The molecule has 34 heavy (non-hydrogen) atoms. The maximum atomic E-state index is 14.6. The summed E-state index contributed by atoms with van der Waals surface area (Å²) < 4.78 is 34.3. The SMILES string of the molecule is O=C1[C@H]2[C@@H](C(=O)N1c1ccccc1F)C1(O[C@H]2c2ccc(F)cc2)C(=O)c2ccccc2C1=O. The second-order valence-electron chi connectivity index (χ2n) is 8.50. The molecule has 3 atom stereocenters. The average molecular weight is 459 g/mol. The van der Waals surface area contributed by atoms with Crippen molar-refractivity contribution < 1.29 is 32.7 Å². The molecule has 3 aromatic rings. The predicted octanol–water partition coefficient (Wildman–Crippen LogP) is 3.66. The molecule has 0 radical (unpaired) electrons. The summed E-state index contributed by atoms with van der Waals surface area (Å²) in [5, 5.41) is 0. The number of para-hydroxylation sites is 1. The third-order valence-electron chi connectivity index (χ3n) is 6.81. The maximum absolute atomic E-state index is 14.6. The molecule has 0 aromatic heterocycles. The summed E-state index contributed by atoms with van der Waals surface area (Å²) in [6.07, 6.45) is -1.19. The highest BCUT2D eigenvalue weighted by Gasteiger charge is 2.74. The minimum atomic E-state index is -2.26. The predicted molar refractivity (Wildman–Crippen MR) is 114 cm³/mol. The number of imide groups is 1. The van der Waals surface area contributed by atoms with E-state index in [4.69, 9.17) is 4.74 Å². The zero-order chi connectivity index (χ0) is 23.8. The lowest BCUT2D eigenvalue weighted by Gasteiger charge is -2.27. The number of amides is 2. The first kappa shape index (κ1) is 20.6. The zero-order valence-electron chi connectivity index (χ0n) is 17.4. The first-order chi connectivity index (χ1) is 16.4. The summed E-state index contributed by atoms with van der Waals surface area (Å²) in [6, 6.07) is 16.4. The number of halogens is 2. The molecule has 3 aromatic carbocycles. The van der Waals surface area contributed by atoms with Crippen molar-refractivity contribution in [1.29, 1.82) is 0 Å². The second kappa shape index (κ2) is 6.98. The first-order valence-electron chi connectivity index (χ1n) is 10.6. The molecule has 1 aliphatic carbocycles. The Hall–Kier alpha value is -4.04. The molecule has 0 saturated carbocycles. The normalized spacial score (nSPS) is 24.8. The number of carbonyl (C=O) groups is 4. The third kappa shape index (κ3) is 2.46. The first-order valence-corrected chi connectivity index (χ1v) is 10.6. The molecule has 3 aliphatic rings. The molecule has 2 amide bonds. The maximum Gasteiger partial charge on any atom is 0.241 e. The number of ether oxygens (including phenoxy) is 1. The van der Waals surface area contributed by atoms with E-state index in [1.807, 2.05) is 0 Å². The number of carbonyl (C=O) groups excluding carboxylic acids is 4. The van der Waals surface area contributed by atoms with Gasteiger partial charge in [-0.2, -0.15) is 0 Å². The van der Waals surface area contributed by atoms with Crippen LogP contribution in [0.15, 0.2) is 72.8 Å². The number of benzene rings is 3. The van der Waals surface area contributed by atoms with Crippen LogP contribution in [0.5, 0.6) is 0 Å². The molecule has 0 bridgehead atoms. The Bertz CT molecular complexity index is 1380. The lowest BCUT2D eigenvalue weighted by molar-refractivity contribution is -0.127. The molecule has 0 N–H and O–H groups in total. The van der Waals surface area contributed by atoms with Gasteiger partial charge in [0.2, 0.25) is 29.0 Å². The molecule has 2 heterocycles. The molecule has 2 saturated heterocycles. The minimum Gasteiger partial charge on any atom is -0.349 e. The molecule has 0 unspecified atom stereocenters. The van der Waals surface area contributed by atoms with Crippen molar-refractivity contribution in [2.75, 3.05) is 4.90 Å². The van der Waals surface area contributed by atoms with Gasteiger partial charge in [0, 0.05) is 11.1 Å². The number of hydrogen-bond acceptors (Lipinski definition) is 5. The Balaban J connectivity index is 1.56. The number of ketones is 2. The quantitative estimate of drug-likeness (QED) is 0.432. The van der Waals surface area contributed by atoms with Crippen molar-refractivity contribution in [3.8, 4) is 0 Å². The van der Waals surface area contributed by atoms with E-state index in [9.17, 15) is 28.0 Å². The van der Waals surface area contributed by atoms with Gasteiger partial charge in [-0.25, -0.2) is 13.7 Å². The Morgan fingerprint density at radius 3 is 1.94 bits per heavy atom. The molecule has 168 valence electrons. The summed E-state index contributed by atoms with van der Waals surface area (Å²) in [7, 11) is 0. The Morgan fingerprint density at radius 1 is 0.735 bits per heavy atom. The van der Waals surface area contributed by atoms with Crippen LogP contribution in [0, 0.1) is 23.5 Å². The van der Waals surface area contributed by atoms with Crippen LogP contribution in [-0.2, 0) is 14.3 Å². The molecule has 8 heteroatoms. The van der Waals surface area contributed by atoms with Crippen LogP contribution in [0.25, 0.3) is 0 Å². The third-order valence-corrected chi connectivity index (χ3v) is 6.81. The van der Waals surface area contributed by atoms with Gasteiger partial charge in [0.05, 0.1) is 23.6 Å². The highest BCUT2D eigenvalue weighted by molar-refractivity contribution is 6.37. The minimum absolute atomic E-state index is 0.0931. The second-order valence-corrected chi connectivity index (χ2v) is 8.50. The molecule has 1 spiro atoms. The summed E-state index contributed by atoms with van der Waals surface area (Å²) in [5.41, 5.74) is -2.02. The lowest BCUT2D eigenvalue weighted by atomic mass is 9.77. The topological polar surface area (TPSA) is 80.8 Å². The Labute approximate surface area is 191 Å². The van der Waals surface area contributed by atoms with Crippen molar-refractivity contribution in [3.05, 3.63) is 101 Å². The van der Waals surface area contributed by atoms with Crippen molar-refractivity contribution in [1.82, 2.24) is 0 Å². The van der Waals surface area contributed by atoms with E-state index in [-0.39, 0.29) is 16.8 Å². The summed E-state index contributed by atoms with van der Waals surface area (Å²) in [4.78, 5) is 55.2.